The Bertz CT molecular complexity index is 1210. The summed E-state index contributed by atoms with van der Waals surface area (Å²) in [6.07, 6.45) is 1.50. The van der Waals surface area contributed by atoms with Crippen molar-refractivity contribution in [2.24, 2.45) is 0 Å². The van der Waals surface area contributed by atoms with Crippen LogP contribution in [-0.4, -0.2) is 57.1 Å². The van der Waals surface area contributed by atoms with E-state index in [0.717, 1.165) is 17.8 Å². The minimum atomic E-state index is -0.610. The summed E-state index contributed by atoms with van der Waals surface area (Å²) >= 11 is 6.00. The van der Waals surface area contributed by atoms with Crippen LogP contribution in [0, 0.1) is 12.7 Å². The normalized spacial score (nSPS) is 15.4. The van der Waals surface area contributed by atoms with E-state index in [0.29, 0.717) is 30.4 Å². The summed E-state index contributed by atoms with van der Waals surface area (Å²) in [5, 5.41) is 11.9. The lowest BCUT2D eigenvalue weighted by Crippen LogP contribution is -2.36. The van der Waals surface area contributed by atoms with Crippen molar-refractivity contribution < 1.29 is 14.0 Å². The first-order valence-corrected chi connectivity index (χ1v) is 11.4. The molecular weight excluding hydrogens is 459 g/mol. The topological polar surface area (TPSA) is 83.4 Å². The average molecular weight is 485 g/mol. The molecule has 1 aromatic heterocycles. The van der Waals surface area contributed by atoms with Gasteiger partial charge in [-0.25, -0.2) is 9.18 Å². The number of halogens is 2. The van der Waals surface area contributed by atoms with Crippen LogP contribution in [-0.2, 0) is 6.54 Å². The number of nitrogens with one attached hydrogen (secondary N) is 1. The fourth-order valence-corrected chi connectivity index (χ4v) is 4.22. The number of rotatable bonds is 5. The van der Waals surface area contributed by atoms with E-state index in [4.69, 9.17) is 11.6 Å². The van der Waals surface area contributed by atoms with Crippen LogP contribution >= 0.6 is 11.6 Å². The Morgan fingerprint density at radius 3 is 2.62 bits per heavy atom. The van der Waals surface area contributed by atoms with E-state index < -0.39 is 11.8 Å². The molecule has 8 nitrogen and oxygen atoms in total. The molecule has 2 heterocycles. The highest BCUT2D eigenvalue weighted by Crippen LogP contribution is 2.32. The van der Waals surface area contributed by atoms with Crippen LogP contribution in [0.15, 0.2) is 42.5 Å². The zero-order valence-electron chi connectivity index (χ0n) is 19.3. The molecule has 1 aliphatic rings. The quantitative estimate of drug-likeness (QED) is 0.578. The molecule has 1 aliphatic heterocycles. The van der Waals surface area contributed by atoms with Gasteiger partial charge in [0, 0.05) is 31.2 Å². The first-order valence-electron chi connectivity index (χ1n) is 11.0. The summed E-state index contributed by atoms with van der Waals surface area (Å²) in [6, 6.07) is 10.7. The third kappa shape index (κ3) is 4.89. The van der Waals surface area contributed by atoms with E-state index in [1.165, 1.54) is 23.1 Å². The largest absolute Gasteiger partial charge is 0.345 e. The van der Waals surface area contributed by atoms with Gasteiger partial charge in [0.05, 0.1) is 18.3 Å². The highest BCUT2D eigenvalue weighted by Gasteiger charge is 2.34. The van der Waals surface area contributed by atoms with Gasteiger partial charge in [0.25, 0.3) is 5.91 Å². The number of carbonyl (C=O) groups excluding carboxylic acids is 2. The lowest BCUT2D eigenvalue weighted by molar-refractivity contribution is 0.0827. The number of hydrogen-bond acceptors (Lipinski definition) is 4. The lowest BCUT2D eigenvalue weighted by Gasteiger charge is -2.25. The third-order valence-electron chi connectivity index (χ3n) is 5.89. The van der Waals surface area contributed by atoms with Gasteiger partial charge in [-0.1, -0.05) is 23.7 Å². The van der Waals surface area contributed by atoms with Crippen LogP contribution < -0.4 is 5.32 Å². The number of amides is 3. The molecule has 34 heavy (non-hydrogen) atoms. The molecule has 1 atom stereocenters. The SMILES string of the molecule is Cc1nnc([C@H]2CCCN2C(=O)Nc2cc(C(=O)N(C)C)ccc2F)n1Cc1ccc(Cl)cc1. The summed E-state index contributed by atoms with van der Waals surface area (Å²) in [5.41, 5.74) is 1.28. The van der Waals surface area contributed by atoms with Gasteiger partial charge in [-0.3, -0.25) is 4.79 Å². The maximum absolute atomic E-state index is 14.4. The van der Waals surface area contributed by atoms with Crippen LogP contribution in [0.3, 0.4) is 0 Å². The monoisotopic (exact) mass is 484 g/mol. The molecule has 1 saturated heterocycles. The van der Waals surface area contributed by atoms with E-state index in [-0.39, 0.29) is 23.2 Å². The number of aromatic nitrogens is 3. The summed E-state index contributed by atoms with van der Waals surface area (Å²) < 4.78 is 16.4. The van der Waals surface area contributed by atoms with Crippen LogP contribution in [0.25, 0.3) is 0 Å². The average Bonchev–Trinajstić information content (AvgIpc) is 3.43. The Hall–Kier alpha value is -3.46. The van der Waals surface area contributed by atoms with E-state index in [2.05, 4.69) is 15.5 Å². The Kier molecular flexibility index (Phi) is 6.83. The predicted molar refractivity (Wildman–Crippen MR) is 127 cm³/mol. The van der Waals surface area contributed by atoms with Crippen LogP contribution in [0.1, 0.15) is 46.5 Å². The van der Waals surface area contributed by atoms with Crippen molar-refractivity contribution in [3.05, 3.63) is 76.1 Å². The molecule has 0 aliphatic carbocycles. The molecule has 0 saturated carbocycles. The van der Waals surface area contributed by atoms with Crippen molar-refractivity contribution in [1.82, 2.24) is 24.6 Å². The van der Waals surface area contributed by atoms with Crippen LogP contribution in [0.2, 0.25) is 5.02 Å². The number of likely N-dealkylation sites (tertiary alicyclic amines) is 1. The number of urea groups is 1. The van der Waals surface area contributed by atoms with Gasteiger partial charge in [0.1, 0.15) is 11.6 Å². The maximum Gasteiger partial charge on any atom is 0.322 e. The Morgan fingerprint density at radius 2 is 1.91 bits per heavy atom. The fraction of sp³-hybridized carbons (Fsp3) is 0.333. The second kappa shape index (κ2) is 9.80. The number of hydrogen-bond donors (Lipinski definition) is 1. The maximum atomic E-state index is 14.4. The molecule has 0 bridgehead atoms. The Balaban J connectivity index is 1.56. The molecule has 1 fully saturated rings. The summed E-state index contributed by atoms with van der Waals surface area (Å²) in [4.78, 5) is 28.4. The summed E-state index contributed by atoms with van der Waals surface area (Å²) in [7, 11) is 3.22. The zero-order valence-corrected chi connectivity index (χ0v) is 20.0. The number of nitrogens with zero attached hydrogens (tertiary/aromatic N) is 5. The predicted octanol–water partition coefficient (Wildman–Crippen LogP) is 4.50. The van der Waals surface area contributed by atoms with E-state index >= 15 is 0 Å². The van der Waals surface area contributed by atoms with E-state index in [1.54, 1.807) is 19.0 Å². The first kappa shape index (κ1) is 23.7. The van der Waals surface area contributed by atoms with Crippen molar-refractivity contribution in [1.29, 1.82) is 0 Å². The highest BCUT2D eigenvalue weighted by molar-refractivity contribution is 6.30. The first-order chi connectivity index (χ1) is 16.2. The van der Waals surface area contributed by atoms with Crippen molar-refractivity contribution in [2.45, 2.75) is 32.4 Å². The van der Waals surface area contributed by atoms with Crippen molar-refractivity contribution in [3.8, 4) is 0 Å². The molecule has 3 amide bonds. The molecule has 0 radical (unpaired) electrons. The summed E-state index contributed by atoms with van der Waals surface area (Å²) in [5.74, 6) is 0.525. The van der Waals surface area contributed by atoms with Gasteiger partial charge in [0.2, 0.25) is 0 Å². The second-order valence-corrected chi connectivity index (χ2v) is 8.93. The third-order valence-corrected chi connectivity index (χ3v) is 6.14. The van der Waals surface area contributed by atoms with Gasteiger partial charge in [0.15, 0.2) is 5.82 Å². The van der Waals surface area contributed by atoms with Crippen molar-refractivity contribution in [3.63, 3.8) is 0 Å². The molecule has 178 valence electrons. The minimum absolute atomic E-state index is 0.0397. The fourth-order valence-electron chi connectivity index (χ4n) is 4.09. The Morgan fingerprint density at radius 1 is 1.18 bits per heavy atom. The zero-order chi connectivity index (χ0) is 24.4. The van der Waals surface area contributed by atoms with Gasteiger partial charge in [-0.2, -0.15) is 0 Å². The van der Waals surface area contributed by atoms with E-state index in [9.17, 15) is 14.0 Å². The number of aryl methyl sites for hydroxylation is 1. The van der Waals surface area contributed by atoms with Crippen LogP contribution in [0.5, 0.6) is 0 Å². The van der Waals surface area contributed by atoms with Crippen LogP contribution in [0.4, 0.5) is 14.9 Å². The molecule has 10 heteroatoms. The second-order valence-electron chi connectivity index (χ2n) is 8.49. The highest BCUT2D eigenvalue weighted by atomic mass is 35.5. The van der Waals surface area contributed by atoms with E-state index in [1.807, 2.05) is 35.8 Å². The molecule has 2 aromatic carbocycles. The number of anilines is 1. The molecule has 0 unspecified atom stereocenters. The van der Waals surface area contributed by atoms with Gasteiger partial charge in [-0.05, 0) is 55.7 Å². The smallest absolute Gasteiger partial charge is 0.322 e. The lowest BCUT2D eigenvalue weighted by atomic mass is 10.1. The molecule has 1 N–H and O–H groups in total. The molecule has 0 spiro atoms. The van der Waals surface area contributed by atoms with Gasteiger partial charge >= 0.3 is 6.03 Å². The molecule has 4 rings (SSSR count). The molecule has 3 aromatic rings. The van der Waals surface area contributed by atoms with Gasteiger partial charge < -0.3 is 19.7 Å². The van der Waals surface area contributed by atoms with Crippen molar-refractivity contribution in [2.75, 3.05) is 26.0 Å². The Labute approximate surface area is 202 Å². The molecular formula is C24H26ClFN6O2. The summed E-state index contributed by atoms with van der Waals surface area (Å²) in [6.45, 7) is 2.91. The minimum Gasteiger partial charge on any atom is -0.345 e. The van der Waals surface area contributed by atoms with Gasteiger partial charge in [-0.15, -0.1) is 10.2 Å². The van der Waals surface area contributed by atoms with Crippen molar-refractivity contribution >= 4 is 29.2 Å². The standard InChI is InChI=1S/C24H26ClFN6O2/c1-15-28-29-22(32(15)14-16-6-9-18(25)10-7-16)21-5-4-12-31(21)24(34)27-20-13-17(8-11-19(20)26)23(33)30(2)3/h6-11,13,21H,4-5,12,14H2,1-3H3,(H,27,34)/t21-/m1/s1. The number of benzene rings is 2. The number of carbonyl (C=O) groups is 2.